The van der Waals surface area contributed by atoms with Gasteiger partial charge >= 0.3 is 0 Å². The highest BCUT2D eigenvalue weighted by molar-refractivity contribution is 9.10. The van der Waals surface area contributed by atoms with Crippen molar-refractivity contribution in [2.75, 3.05) is 7.05 Å². The van der Waals surface area contributed by atoms with Gasteiger partial charge in [0.25, 0.3) is 0 Å². The van der Waals surface area contributed by atoms with Crippen molar-refractivity contribution in [2.24, 2.45) is 0 Å². The fourth-order valence-corrected chi connectivity index (χ4v) is 2.40. The predicted octanol–water partition coefficient (Wildman–Crippen LogP) is 4.10. The molecule has 2 aromatic carbocycles. The molecular weight excluding hydrogens is 324 g/mol. The quantitative estimate of drug-likeness (QED) is 0.864. The second-order valence-electron chi connectivity index (χ2n) is 4.76. The van der Waals surface area contributed by atoms with E-state index >= 15 is 0 Å². The molecule has 0 aliphatic rings. The largest absolute Gasteiger partial charge is 0.316 e. The van der Waals surface area contributed by atoms with Gasteiger partial charge in [0, 0.05) is 16.6 Å². The molecule has 0 bridgehead atoms. The predicted molar refractivity (Wildman–Crippen MR) is 80.8 cm³/mol. The summed E-state index contributed by atoms with van der Waals surface area (Å²) < 4.78 is 27.6. The Morgan fingerprint density at radius 1 is 1.05 bits per heavy atom. The first-order valence-electron chi connectivity index (χ1n) is 6.44. The molecule has 1 nitrogen and oxygen atoms in total. The molecule has 106 valence electrons. The number of likely N-dealkylation sites (N-methyl/N-ethyl adjacent to an activating group) is 1. The molecule has 1 N–H and O–H groups in total. The third kappa shape index (κ3) is 4.12. The Morgan fingerprint density at radius 2 is 1.75 bits per heavy atom. The van der Waals surface area contributed by atoms with Crippen molar-refractivity contribution in [1.29, 1.82) is 0 Å². The molecule has 0 aliphatic heterocycles. The Bertz CT molecular complexity index is 569. The van der Waals surface area contributed by atoms with Gasteiger partial charge in [-0.1, -0.05) is 34.1 Å². The lowest BCUT2D eigenvalue weighted by Crippen LogP contribution is -2.30. The van der Waals surface area contributed by atoms with Gasteiger partial charge in [-0.2, -0.15) is 0 Å². The average Bonchev–Trinajstić information content (AvgIpc) is 2.43. The van der Waals surface area contributed by atoms with E-state index in [0.717, 1.165) is 17.0 Å². The summed E-state index contributed by atoms with van der Waals surface area (Å²) in [4.78, 5) is 0. The standard InChI is InChI=1S/C16H16BrF2N/c1-20-15(8-11-2-5-13(17)6-3-11)9-12-4-7-14(18)10-16(12)19/h2-7,10,15,20H,8-9H2,1H3. The van der Waals surface area contributed by atoms with Crippen molar-refractivity contribution in [3.8, 4) is 0 Å². The highest BCUT2D eigenvalue weighted by Gasteiger charge is 2.12. The Hall–Kier alpha value is -1.26. The molecule has 0 heterocycles. The van der Waals surface area contributed by atoms with Crippen LogP contribution in [-0.2, 0) is 12.8 Å². The summed E-state index contributed by atoms with van der Waals surface area (Å²) in [5.74, 6) is -1.03. The van der Waals surface area contributed by atoms with Crippen LogP contribution in [0.1, 0.15) is 11.1 Å². The number of benzene rings is 2. The van der Waals surface area contributed by atoms with Crippen molar-refractivity contribution in [2.45, 2.75) is 18.9 Å². The monoisotopic (exact) mass is 339 g/mol. The minimum absolute atomic E-state index is 0.108. The Balaban J connectivity index is 2.07. The second-order valence-corrected chi connectivity index (χ2v) is 5.67. The highest BCUT2D eigenvalue weighted by atomic mass is 79.9. The zero-order valence-corrected chi connectivity index (χ0v) is 12.8. The van der Waals surface area contributed by atoms with Gasteiger partial charge in [0.05, 0.1) is 0 Å². The van der Waals surface area contributed by atoms with Crippen molar-refractivity contribution in [3.05, 3.63) is 69.7 Å². The van der Waals surface area contributed by atoms with E-state index in [1.165, 1.54) is 17.7 Å². The van der Waals surface area contributed by atoms with E-state index in [1.54, 1.807) is 0 Å². The SMILES string of the molecule is CNC(Cc1ccc(Br)cc1)Cc1ccc(F)cc1F. The van der Waals surface area contributed by atoms with Crippen LogP contribution in [0.5, 0.6) is 0 Å². The van der Waals surface area contributed by atoms with Crippen LogP contribution < -0.4 is 5.32 Å². The summed E-state index contributed by atoms with van der Waals surface area (Å²) in [6.45, 7) is 0. The van der Waals surface area contributed by atoms with E-state index in [1.807, 2.05) is 31.3 Å². The smallest absolute Gasteiger partial charge is 0.129 e. The van der Waals surface area contributed by atoms with Crippen molar-refractivity contribution in [3.63, 3.8) is 0 Å². The van der Waals surface area contributed by atoms with E-state index in [0.29, 0.717) is 12.0 Å². The van der Waals surface area contributed by atoms with Crippen LogP contribution in [0.2, 0.25) is 0 Å². The molecule has 0 aliphatic carbocycles. The van der Waals surface area contributed by atoms with Crippen LogP contribution in [0.25, 0.3) is 0 Å². The molecule has 0 amide bonds. The second kappa shape index (κ2) is 6.95. The summed E-state index contributed by atoms with van der Waals surface area (Å²) in [5, 5.41) is 3.18. The van der Waals surface area contributed by atoms with Crippen LogP contribution in [0.15, 0.2) is 46.9 Å². The van der Waals surface area contributed by atoms with Crippen LogP contribution in [0, 0.1) is 11.6 Å². The van der Waals surface area contributed by atoms with Gasteiger partial charge in [-0.3, -0.25) is 0 Å². The molecule has 20 heavy (non-hydrogen) atoms. The van der Waals surface area contributed by atoms with E-state index in [2.05, 4.69) is 21.2 Å². The molecule has 0 saturated carbocycles. The molecule has 0 fully saturated rings. The van der Waals surface area contributed by atoms with Crippen LogP contribution in [-0.4, -0.2) is 13.1 Å². The number of halogens is 3. The number of rotatable bonds is 5. The van der Waals surface area contributed by atoms with E-state index in [9.17, 15) is 8.78 Å². The molecule has 0 aromatic heterocycles. The van der Waals surface area contributed by atoms with Crippen LogP contribution in [0.4, 0.5) is 8.78 Å². The Morgan fingerprint density at radius 3 is 2.35 bits per heavy atom. The molecule has 2 rings (SSSR count). The normalized spacial score (nSPS) is 12.4. The lowest BCUT2D eigenvalue weighted by molar-refractivity contribution is 0.524. The fourth-order valence-electron chi connectivity index (χ4n) is 2.13. The van der Waals surface area contributed by atoms with Gasteiger partial charge < -0.3 is 5.32 Å². The minimum atomic E-state index is -0.542. The Kier molecular flexibility index (Phi) is 5.26. The first kappa shape index (κ1) is 15.1. The van der Waals surface area contributed by atoms with Gasteiger partial charge in [0.2, 0.25) is 0 Å². The van der Waals surface area contributed by atoms with Gasteiger partial charge in [0.15, 0.2) is 0 Å². The summed E-state index contributed by atoms with van der Waals surface area (Å²) >= 11 is 3.40. The first-order valence-corrected chi connectivity index (χ1v) is 7.23. The lowest BCUT2D eigenvalue weighted by Gasteiger charge is -2.17. The maximum Gasteiger partial charge on any atom is 0.129 e. The van der Waals surface area contributed by atoms with Gasteiger partial charge in [-0.25, -0.2) is 8.78 Å². The summed E-state index contributed by atoms with van der Waals surface area (Å²) in [6, 6.07) is 11.9. The van der Waals surface area contributed by atoms with Crippen LogP contribution in [0.3, 0.4) is 0 Å². The molecule has 4 heteroatoms. The molecule has 1 atom stereocenters. The maximum atomic E-state index is 13.7. The van der Waals surface area contributed by atoms with E-state index in [4.69, 9.17) is 0 Å². The number of hydrogen-bond donors (Lipinski definition) is 1. The Labute approximate surface area is 126 Å². The first-order chi connectivity index (χ1) is 9.58. The highest BCUT2D eigenvalue weighted by Crippen LogP contribution is 2.16. The lowest BCUT2D eigenvalue weighted by atomic mass is 9.99. The topological polar surface area (TPSA) is 12.0 Å². The number of hydrogen-bond acceptors (Lipinski definition) is 1. The van der Waals surface area contributed by atoms with Gasteiger partial charge in [0.1, 0.15) is 11.6 Å². The third-order valence-electron chi connectivity index (χ3n) is 3.29. The maximum absolute atomic E-state index is 13.7. The minimum Gasteiger partial charge on any atom is -0.316 e. The summed E-state index contributed by atoms with van der Waals surface area (Å²) in [7, 11) is 1.85. The molecular formula is C16H16BrF2N. The molecule has 0 saturated heterocycles. The van der Waals surface area contributed by atoms with Crippen LogP contribution >= 0.6 is 15.9 Å². The van der Waals surface area contributed by atoms with E-state index in [-0.39, 0.29) is 6.04 Å². The zero-order chi connectivity index (χ0) is 14.5. The van der Waals surface area contributed by atoms with Crippen molar-refractivity contribution in [1.82, 2.24) is 5.32 Å². The summed E-state index contributed by atoms with van der Waals surface area (Å²) in [6.07, 6.45) is 1.32. The van der Waals surface area contributed by atoms with E-state index < -0.39 is 11.6 Å². The van der Waals surface area contributed by atoms with Crippen molar-refractivity contribution < 1.29 is 8.78 Å². The third-order valence-corrected chi connectivity index (χ3v) is 3.81. The fraction of sp³-hybridized carbons (Fsp3) is 0.250. The molecule has 0 radical (unpaired) electrons. The molecule has 2 aromatic rings. The van der Waals surface area contributed by atoms with Crippen molar-refractivity contribution >= 4 is 15.9 Å². The zero-order valence-electron chi connectivity index (χ0n) is 11.2. The number of nitrogens with one attached hydrogen (secondary N) is 1. The van der Waals surface area contributed by atoms with Gasteiger partial charge in [-0.05, 0) is 49.2 Å². The average molecular weight is 340 g/mol. The summed E-state index contributed by atoms with van der Waals surface area (Å²) in [5.41, 5.74) is 1.71. The molecule has 1 unspecified atom stereocenters. The van der Waals surface area contributed by atoms with Gasteiger partial charge in [-0.15, -0.1) is 0 Å². The molecule has 0 spiro atoms.